The van der Waals surface area contributed by atoms with Crippen molar-refractivity contribution >= 4 is 68.7 Å². The van der Waals surface area contributed by atoms with Crippen LogP contribution in [0.5, 0.6) is 0 Å². The third-order valence-corrected chi connectivity index (χ3v) is 5.68. The molecule has 7 nitrogen and oxygen atoms in total. The highest BCUT2D eigenvalue weighted by Crippen LogP contribution is 2.33. The van der Waals surface area contributed by atoms with Crippen molar-refractivity contribution in [1.29, 1.82) is 5.26 Å². The molecule has 3 rings (SSSR count). The van der Waals surface area contributed by atoms with Crippen LogP contribution in [0.4, 0.5) is 0 Å². The van der Waals surface area contributed by atoms with Gasteiger partial charge in [0.15, 0.2) is 22.2 Å². The molecule has 11 heteroatoms. The van der Waals surface area contributed by atoms with Crippen LogP contribution in [0, 0.1) is 11.5 Å². The first-order valence-electron chi connectivity index (χ1n) is 9.18. The minimum absolute atomic E-state index is 0.0998. The Balaban J connectivity index is 2.04. The number of nitrogens with zero attached hydrogens (tertiary/aromatic N) is 4. The molecule has 1 aliphatic heterocycles. The Morgan fingerprint density at radius 3 is 2.53 bits per heavy atom. The molecule has 0 saturated heterocycles. The Morgan fingerprint density at radius 1 is 1.28 bits per heavy atom. The van der Waals surface area contributed by atoms with Crippen LogP contribution in [0.1, 0.15) is 22.8 Å². The quantitative estimate of drug-likeness (QED) is 0.134. The van der Waals surface area contributed by atoms with Gasteiger partial charge in [0.05, 0.1) is 0 Å². The van der Waals surface area contributed by atoms with Gasteiger partial charge in [0.2, 0.25) is 0 Å². The highest BCUT2D eigenvalue weighted by atomic mass is 79.9. The van der Waals surface area contributed by atoms with E-state index in [1.165, 1.54) is 13.1 Å². The van der Waals surface area contributed by atoms with Crippen LogP contribution in [0.25, 0.3) is 0 Å². The normalized spacial score (nSPS) is 18.8. The standard InChI is InChI=1S/C21H16BrCl3N6O/c1-20(24,25)18(30-17(32)13-3-6-15(22)7-4-13)31-19(28-12-26)21(9-2-10-29-21)14-5-8-16(23)27-11-14/h2-11,18H,1H3,(H,28,31)(H,30,32). The molecule has 2 aromatic rings. The topological polar surface area (TPSA) is 103 Å². The maximum atomic E-state index is 12.8. The van der Waals surface area contributed by atoms with Crippen molar-refractivity contribution in [2.45, 2.75) is 23.0 Å². The van der Waals surface area contributed by atoms with E-state index in [-0.39, 0.29) is 5.84 Å². The molecule has 0 radical (unpaired) electrons. The number of nitriles is 1. The van der Waals surface area contributed by atoms with Crippen molar-refractivity contribution in [3.05, 3.63) is 75.5 Å². The van der Waals surface area contributed by atoms with Crippen LogP contribution in [0.3, 0.4) is 0 Å². The lowest BCUT2D eigenvalue weighted by Crippen LogP contribution is -2.48. The Hall–Kier alpha value is -2.44. The minimum Gasteiger partial charge on any atom is -0.328 e. The van der Waals surface area contributed by atoms with Gasteiger partial charge in [0, 0.05) is 28.0 Å². The Kier molecular flexibility index (Phi) is 7.57. The first-order chi connectivity index (χ1) is 15.2. The molecule has 1 aliphatic rings. The van der Waals surface area contributed by atoms with Gasteiger partial charge >= 0.3 is 0 Å². The van der Waals surface area contributed by atoms with E-state index in [0.717, 1.165) is 4.47 Å². The van der Waals surface area contributed by atoms with E-state index in [1.807, 2.05) is 6.19 Å². The SMILES string of the molecule is CC(Cl)(Cl)C(N=C(NC#N)C1(c2ccc(Cl)nc2)C=CC=N1)NC(=O)c1ccc(Br)cc1. The van der Waals surface area contributed by atoms with Crippen LogP contribution in [-0.2, 0) is 5.54 Å². The lowest BCUT2D eigenvalue weighted by molar-refractivity contribution is 0.0935. The van der Waals surface area contributed by atoms with Crippen molar-refractivity contribution in [1.82, 2.24) is 15.6 Å². The molecule has 0 saturated carbocycles. The molecule has 32 heavy (non-hydrogen) atoms. The van der Waals surface area contributed by atoms with Gasteiger partial charge in [0.25, 0.3) is 5.91 Å². The number of carbonyl (C=O) groups excluding carboxylic acids is 1. The Labute approximate surface area is 208 Å². The van der Waals surface area contributed by atoms with Crippen LogP contribution in [-0.4, -0.2) is 33.4 Å². The molecule has 164 valence electrons. The summed E-state index contributed by atoms with van der Waals surface area (Å²) >= 11 is 22.0. The first-order valence-corrected chi connectivity index (χ1v) is 11.1. The van der Waals surface area contributed by atoms with E-state index in [9.17, 15) is 10.1 Å². The molecule has 1 amide bonds. The van der Waals surface area contributed by atoms with E-state index < -0.39 is 21.9 Å². The summed E-state index contributed by atoms with van der Waals surface area (Å²) in [5, 5.41) is 15.0. The summed E-state index contributed by atoms with van der Waals surface area (Å²) in [6.45, 7) is 1.49. The number of carbonyl (C=O) groups is 1. The largest absolute Gasteiger partial charge is 0.328 e. The number of pyridine rings is 1. The molecular weight excluding hydrogens is 539 g/mol. The molecule has 2 unspecified atom stereocenters. The summed E-state index contributed by atoms with van der Waals surface area (Å²) in [5.74, 6) is -0.342. The van der Waals surface area contributed by atoms with Crippen LogP contribution in [0.2, 0.25) is 5.15 Å². The summed E-state index contributed by atoms with van der Waals surface area (Å²) in [6.07, 6.45) is 7.27. The number of nitrogens with one attached hydrogen (secondary N) is 2. The maximum Gasteiger partial charge on any atom is 0.253 e. The van der Waals surface area contributed by atoms with Crippen LogP contribution < -0.4 is 10.6 Å². The van der Waals surface area contributed by atoms with Crippen molar-refractivity contribution in [3.8, 4) is 6.19 Å². The van der Waals surface area contributed by atoms with E-state index in [1.54, 1.807) is 54.8 Å². The predicted octanol–water partition coefficient (Wildman–Crippen LogP) is 4.75. The fourth-order valence-corrected chi connectivity index (χ4v) is 3.51. The predicted molar refractivity (Wildman–Crippen MR) is 130 cm³/mol. The number of halogens is 4. The highest BCUT2D eigenvalue weighted by molar-refractivity contribution is 9.10. The molecular formula is C21H16BrCl3N6O. The Morgan fingerprint density at radius 2 is 2.00 bits per heavy atom. The zero-order valence-electron chi connectivity index (χ0n) is 16.6. The number of hydrogen-bond acceptors (Lipinski definition) is 5. The molecule has 0 spiro atoms. The zero-order valence-corrected chi connectivity index (χ0v) is 20.4. The molecule has 2 atom stereocenters. The molecule has 1 aromatic carbocycles. The number of aliphatic imine (C=N–C) groups is 2. The van der Waals surface area contributed by atoms with Crippen LogP contribution in [0.15, 0.2) is 69.2 Å². The number of aromatic nitrogens is 1. The monoisotopic (exact) mass is 552 g/mol. The third kappa shape index (κ3) is 5.48. The molecule has 0 bridgehead atoms. The second-order valence-corrected chi connectivity index (χ2v) is 9.89. The number of alkyl halides is 2. The molecule has 0 fully saturated rings. The molecule has 2 heterocycles. The van der Waals surface area contributed by atoms with Gasteiger partial charge in [-0.25, -0.2) is 9.98 Å². The van der Waals surface area contributed by atoms with Crippen molar-refractivity contribution in [3.63, 3.8) is 0 Å². The average Bonchev–Trinajstić information content (AvgIpc) is 3.24. The minimum atomic E-state index is -1.52. The molecule has 0 aliphatic carbocycles. The second kappa shape index (κ2) is 10.0. The molecule has 1 aromatic heterocycles. The number of hydrogen-bond donors (Lipinski definition) is 2. The van der Waals surface area contributed by atoms with E-state index in [0.29, 0.717) is 16.3 Å². The second-order valence-electron chi connectivity index (χ2n) is 6.83. The summed E-state index contributed by atoms with van der Waals surface area (Å²) in [4.78, 5) is 25.9. The number of allylic oxidation sites excluding steroid dienone is 1. The summed E-state index contributed by atoms with van der Waals surface area (Å²) in [7, 11) is 0. The number of amides is 1. The van der Waals surface area contributed by atoms with E-state index in [2.05, 4.69) is 41.5 Å². The first kappa shape index (κ1) is 24.2. The number of amidine groups is 1. The fraction of sp³-hybridized carbons (Fsp3) is 0.190. The highest BCUT2D eigenvalue weighted by Gasteiger charge is 2.40. The zero-order chi connectivity index (χ0) is 23.4. The fourth-order valence-electron chi connectivity index (χ4n) is 2.92. The van der Waals surface area contributed by atoms with Gasteiger partial charge in [-0.2, -0.15) is 5.26 Å². The van der Waals surface area contributed by atoms with Crippen molar-refractivity contribution in [2.75, 3.05) is 0 Å². The van der Waals surface area contributed by atoms with Gasteiger partial charge in [-0.05, 0) is 49.4 Å². The number of rotatable bonds is 6. The van der Waals surface area contributed by atoms with E-state index in [4.69, 9.17) is 34.8 Å². The van der Waals surface area contributed by atoms with E-state index >= 15 is 0 Å². The summed E-state index contributed by atoms with van der Waals surface area (Å²) < 4.78 is -0.688. The third-order valence-electron chi connectivity index (χ3n) is 4.52. The lowest BCUT2D eigenvalue weighted by atomic mass is 9.90. The van der Waals surface area contributed by atoms with Gasteiger partial charge in [-0.15, -0.1) is 0 Å². The van der Waals surface area contributed by atoms with Crippen molar-refractivity contribution < 1.29 is 4.79 Å². The number of benzene rings is 1. The summed E-state index contributed by atoms with van der Waals surface area (Å²) in [6, 6.07) is 10.1. The van der Waals surface area contributed by atoms with Gasteiger partial charge in [-0.1, -0.05) is 56.8 Å². The van der Waals surface area contributed by atoms with Gasteiger partial charge in [0.1, 0.15) is 11.0 Å². The van der Waals surface area contributed by atoms with Gasteiger partial charge in [-0.3, -0.25) is 15.1 Å². The maximum absolute atomic E-state index is 12.8. The summed E-state index contributed by atoms with van der Waals surface area (Å²) in [5.41, 5.74) is -0.221. The Bertz CT molecular complexity index is 1110. The molecule has 2 N–H and O–H groups in total. The lowest BCUT2D eigenvalue weighted by Gasteiger charge is -2.30. The smallest absolute Gasteiger partial charge is 0.253 e. The van der Waals surface area contributed by atoms with Crippen molar-refractivity contribution in [2.24, 2.45) is 9.98 Å². The average molecular weight is 555 g/mol. The van der Waals surface area contributed by atoms with Gasteiger partial charge < -0.3 is 5.32 Å². The van der Waals surface area contributed by atoms with Crippen LogP contribution >= 0.6 is 50.7 Å².